The molecule has 0 radical (unpaired) electrons. The van der Waals surface area contributed by atoms with Gasteiger partial charge in [-0.2, -0.15) is 19.3 Å². The van der Waals surface area contributed by atoms with Gasteiger partial charge in [-0.3, -0.25) is 0 Å². The van der Waals surface area contributed by atoms with E-state index in [2.05, 4.69) is 50.2 Å². The Bertz CT molecular complexity index is 2320. The van der Waals surface area contributed by atoms with E-state index in [9.17, 15) is 20.1 Å². The summed E-state index contributed by atoms with van der Waals surface area (Å²) in [7, 11) is 0. The Labute approximate surface area is 366 Å². The predicted octanol–water partition coefficient (Wildman–Crippen LogP) is 14.2. The van der Waals surface area contributed by atoms with Gasteiger partial charge in [-0.05, 0) is 73.5 Å². The zero-order valence-electron chi connectivity index (χ0n) is 33.3. The van der Waals surface area contributed by atoms with Gasteiger partial charge in [0.05, 0.1) is 24.9 Å². The van der Waals surface area contributed by atoms with Gasteiger partial charge in [-0.1, -0.05) is 90.2 Å². The summed E-state index contributed by atoms with van der Waals surface area (Å²) < 4.78 is 20.2. The van der Waals surface area contributed by atoms with E-state index in [1.807, 2.05) is 36.4 Å². The third kappa shape index (κ3) is 11.9. The number of carbonyl (C=O) groups is 2. The van der Waals surface area contributed by atoms with Gasteiger partial charge in [-0.25, -0.2) is 9.59 Å². The number of benzene rings is 1. The van der Waals surface area contributed by atoms with Crippen molar-refractivity contribution in [3.05, 3.63) is 81.6 Å². The first-order valence-electron chi connectivity index (χ1n) is 20.2. The van der Waals surface area contributed by atoms with E-state index in [-0.39, 0.29) is 11.1 Å². The third-order valence-electron chi connectivity index (χ3n) is 9.61. The SMILES string of the molecule is CCCCCCCCOC(=O)/C(C#N)=C/c1ccc(-c2ccc(-c3ccc(-c4ccc(-c5ccc(/C=C(\C#N)C(=O)OCCCCCCCC)s5)s4)c4nsnc34)s2)s1. The molecule has 0 saturated heterocycles. The standard InChI is InChI=1S/C46H46N4O4S5/c1-3-5-7-9-11-13-25-53-45(51)31(29-47)27-33-15-19-39(55-33)41-23-21-37(57-41)35-17-18-36(44-43(35)49-59-50-44)38-22-24-42(58-38)40-20-16-34(56-40)28-32(30-48)46(52)54-26-14-12-10-8-6-4-2/h15-24,27-28H,3-14,25-26H2,1-2H3/b31-27+,32-28+. The number of aromatic nitrogens is 2. The lowest BCUT2D eigenvalue weighted by Crippen LogP contribution is -2.07. The van der Waals surface area contributed by atoms with Crippen LogP contribution in [0.15, 0.2) is 71.8 Å². The molecule has 0 aliphatic heterocycles. The number of ether oxygens (including phenoxy) is 2. The Morgan fingerprint density at radius 1 is 0.525 bits per heavy atom. The summed E-state index contributed by atoms with van der Waals surface area (Å²) in [5.74, 6) is -1.15. The molecule has 5 heterocycles. The molecule has 8 nitrogen and oxygen atoms in total. The Morgan fingerprint density at radius 3 is 1.32 bits per heavy atom. The second-order valence-electron chi connectivity index (χ2n) is 14.0. The van der Waals surface area contributed by atoms with Crippen LogP contribution >= 0.6 is 57.1 Å². The molecule has 13 heteroatoms. The Morgan fingerprint density at radius 2 is 0.898 bits per heavy atom. The van der Waals surface area contributed by atoms with E-state index in [1.165, 1.54) is 72.9 Å². The molecular formula is C46H46N4O4S5. The van der Waals surface area contributed by atoms with Crippen molar-refractivity contribution in [2.45, 2.75) is 90.9 Å². The van der Waals surface area contributed by atoms with E-state index in [0.29, 0.717) is 13.2 Å². The second kappa shape index (κ2) is 22.6. The largest absolute Gasteiger partial charge is 0.462 e. The van der Waals surface area contributed by atoms with Crippen LogP contribution in [0.25, 0.3) is 63.6 Å². The normalized spacial score (nSPS) is 11.8. The number of nitriles is 2. The zero-order valence-corrected chi connectivity index (χ0v) is 37.4. The second-order valence-corrected chi connectivity index (χ2v) is 18.9. The number of nitrogens with zero attached hydrogens (tertiary/aromatic N) is 4. The van der Waals surface area contributed by atoms with Crippen LogP contribution in [0.3, 0.4) is 0 Å². The lowest BCUT2D eigenvalue weighted by Gasteiger charge is -2.04. The minimum atomic E-state index is -0.574. The van der Waals surface area contributed by atoms with Crippen molar-refractivity contribution in [3.63, 3.8) is 0 Å². The van der Waals surface area contributed by atoms with Crippen molar-refractivity contribution in [1.82, 2.24) is 8.75 Å². The van der Waals surface area contributed by atoms with Crippen LogP contribution in [0.4, 0.5) is 0 Å². The van der Waals surface area contributed by atoms with Crippen LogP contribution in [0.1, 0.15) is 101 Å². The van der Waals surface area contributed by atoms with Crippen molar-refractivity contribution < 1.29 is 19.1 Å². The van der Waals surface area contributed by atoms with Crippen LogP contribution < -0.4 is 0 Å². The number of esters is 2. The molecule has 0 atom stereocenters. The monoisotopic (exact) mass is 878 g/mol. The Hall–Kier alpha value is -4.76. The van der Waals surface area contributed by atoms with Crippen LogP contribution in [-0.2, 0) is 19.1 Å². The smallest absolute Gasteiger partial charge is 0.348 e. The summed E-state index contributed by atoms with van der Waals surface area (Å²) in [5, 5.41) is 19.4. The highest BCUT2D eigenvalue weighted by Gasteiger charge is 2.19. The molecule has 0 fully saturated rings. The van der Waals surface area contributed by atoms with Crippen molar-refractivity contribution >= 4 is 92.2 Å². The number of hydrogen-bond donors (Lipinski definition) is 0. The molecule has 0 aliphatic rings. The van der Waals surface area contributed by atoms with Crippen molar-refractivity contribution in [2.75, 3.05) is 13.2 Å². The summed E-state index contributed by atoms with van der Waals surface area (Å²) in [6, 6.07) is 24.5. The first-order valence-corrected chi connectivity index (χ1v) is 24.2. The molecule has 6 aromatic rings. The first-order chi connectivity index (χ1) is 28.9. The fourth-order valence-electron chi connectivity index (χ4n) is 6.43. The molecule has 6 rings (SSSR count). The van der Waals surface area contributed by atoms with Crippen LogP contribution in [0.2, 0.25) is 0 Å². The Balaban J connectivity index is 1.09. The number of unbranched alkanes of at least 4 members (excludes halogenated alkanes) is 10. The van der Waals surface area contributed by atoms with Gasteiger partial charge in [0.2, 0.25) is 0 Å². The first kappa shape index (κ1) is 43.8. The quantitative estimate of drug-likeness (QED) is 0.0286. The number of hydrogen-bond acceptors (Lipinski definition) is 13. The summed E-state index contributed by atoms with van der Waals surface area (Å²) in [6.45, 7) is 5.03. The summed E-state index contributed by atoms with van der Waals surface area (Å²) in [6.07, 6.45) is 16.4. The van der Waals surface area contributed by atoms with Gasteiger partial charge < -0.3 is 9.47 Å². The van der Waals surface area contributed by atoms with Crippen LogP contribution in [-0.4, -0.2) is 33.9 Å². The van der Waals surface area contributed by atoms with Crippen LogP contribution in [0, 0.1) is 22.7 Å². The highest BCUT2D eigenvalue weighted by molar-refractivity contribution is 7.25. The maximum absolute atomic E-state index is 12.6. The number of carbonyl (C=O) groups excluding carboxylic acids is 2. The van der Waals surface area contributed by atoms with Gasteiger partial charge in [0, 0.05) is 50.1 Å². The van der Waals surface area contributed by atoms with Gasteiger partial charge in [0.15, 0.2) is 0 Å². The van der Waals surface area contributed by atoms with E-state index >= 15 is 0 Å². The maximum atomic E-state index is 12.6. The predicted molar refractivity (Wildman–Crippen MR) is 247 cm³/mol. The molecule has 0 aliphatic carbocycles. The molecule has 0 N–H and O–H groups in total. The van der Waals surface area contributed by atoms with E-state index < -0.39 is 11.9 Å². The fraction of sp³-hybridized carbons (Fsp3) is 0.348. The van der Waals surface area contributed by atoms with Crippen molar-refractivity contribution in [3.8, 4) is 52.5 Å². The third-order valence-corrected chi connectivity index (χ3v) is 14.8. The van der Waals surface area contributed by atoms with Gasteiger partial charge in [0.1, 0.15) is 34.3 Å². The number of thiophene rings is 4. The van der Waals surface area contributed by atoms with Crippen molar-refractivity contribution in [1.29, 1.82) is 10.5 Å². The summed E-state index contributed by atoms with van der Waals surface area (Å²) in [4.78, 5) is 33.2. The molecule has 0 spiro atoms. The van der Waals surface area contributed by atoms with Gasteiger partial charge in [-0.15, -0.1) is 45.3 Å². The number of rotatable bonds is 22. The minimum Gasteiger partial charge on any atom is -0.462 e. The molecule has 0 amide bonds. The van der Waals surface area contributed by atoms with Gasteiger partial charge in [0.25, 0.3) is 0 Å². The zero-order chi connectivity index (χ0) is 41.4. The molecule has 0 saturated carbocycles. The Kier molecular flexibility index (Phi) is 16.8. The molecule has 59 heavy (non-hydrogen) atoms. The average Bonchev–Trinajstić information content (AvgIpc) is 4.11. The molecule has 0 unspecified atom stereocenters. The molecule has 5 aromatic heterocycles. The van der Waals surface area contributed by atoms with Crippen LogP contribution in [0.5, 0.6) is 0 Å². The highest BCUT2D eigenvalue weighted by atomic mass is 32.1. The lowest BCUT2D eigenvalue weighted by atomic mass is 10.1. The summed E-state index contributed by atoms with van der Waals surface area (Å²) in [5.41, 5.74) is 3.73. The topological polar surface area (TPSA) is 126 Å². The molecule has 0 bridgehead atoms. The molecule has 304 valence electrons. The average molecular weight is 879 g/mol. The lowest BCUT2D eigenvalue weighted by molar-refractivity contribution is -0.139. The molecular weight excluding hydrogens is 833 g/mol. The minimum absolute atomic E-state index is 0.00641. The van der Waals surface area contributed by atoms with Gasteiger partial charge >= 0.3 is 11.9 Å². The van der Waals surface area contributed by atoms with E-state index in [0.717, 1.165) is 99.7 Å². The van der Waals surface area contributed by atoms with E-state index in [4.69, 9.17) is 18.2 Å². The highest BCUT2D eigenvalue weighted by Crippen LogP contribution is 2.44. The molecule has 1 aromatic carbocycles. The van der Waals surface area contributed by atoms with E-state index in [1.54, 1.807) is 34.8 Å². The maximum Gasteiger partial charge on any atom is 0.348 e. The fourth-order valence-corrected chi connectivity index (χ4v) is 11.1. The van der Waals surface area contributed by atoms with Crippen molar-refractivity contribution in [2.24, 2.45) is 0 Å². The number of fused-ring (bicyclic) bond motifs is 1. The summed E-state index contributed by atoms with van der Waals surface area (Å²) >= 11 is 7.57.